The van der Waals surface area contributed by atoms with E-state index in [0.717, 1.165) is 16.8 Å². The average molecular weight is 712 g/mol. The highest BCUT2D eigenvalue weighted by atomic mass is 19.1. The highest BCUT2D eigenvalue weighted by molar-refractivity contribution is 6.08. The fourth-order valence-electron chi connectivity index (χ4n) is 4.65. The molecule has 0 spiro atoms. The molecular weight excluding hydrogens is 685 g/mol. The monoisotopic (exact) mass is 711 g/mol. The third-order valence-corrected chi connectivity index (χ3v) is 7.21. The number of imidazole rings is 1. The summed E-state index contributed by atoms with van der Waals surface area (Å²) >= 11 is 0. The van der Waals surface area contributed by atoms with Crippen LogP contribution >= 0.6 is 0 Å². The van der Waals surface area contributed by atoms with Gasteiger partial charge in [0.25, 0.3) is 11.8 Å². The van der Waals surface area contributed by atoms with Gasteiger partial charge in [-0.25, -0.2) is 19.0 Å². The normalized spacial score (nSPS) is 10.8. The third kappa shape index (κ3) is 7.91. The first kappa shape index (κ1) is 34.5. The number of nitrogens with one attached hydrogen (secondary N) is 2. The predicted molar refractivity (Wildman–Crippen MR) is 175 cm³/mol. The molecule has 4 aromatic heterocycles. The molecule has 0 unspecified atom stereocenters. The van der Waals surface area contributed by atoms with Crippen molar-refractivity contribution in [1.29, 1.82) is 0 Å². The highest BCUT2D eigenvalue weighted by Crippen LogP contribution is 2.28. The van der Waals surface area contributed by atoms with Crippen LogP contribution in [0.1, 0.15) is 54.5 Å². The van der Waals surface area contributed by atoms with Crippen LogP contribution in [0.3, 0.4) is 0 Å². The van der Waals surface area contributed by atoms with Crippen molar-refractivity contribution < 1.29 is 42.9 Å². The van der Waals surface area contributed by atoms with Crippen LogP contribution in [0.25, 0.3) is 11.5 Å². The third-order valence-electron chi connectivity index (χ3n) is 7.21. The smallest absolute Gasteiger partial charge is 0.339 e. The van der Waals surface area contributed by atoms with Crippen LogP contribution in [-0.4, -0.2) is 94.2 Å². The lowest BCUT2D eigenvalue weighted by Crippen LogP contribution is -2.18. The number of tetrazole rings is 1. The first-order chi connectivity index (χ1) is 25.2. The molecular formula is C32H26FN11O8. The van der Waals surface area contributed by atoms with Crippen molar-refractivity contribution in [2.75, 3.05) is 31.0 Å². The van der Waals surface area contributed by atoms with Gasteiger partial charge in [-0.2, -0.15) is 0 Å². The Labute approximate surface area is 291 Å². The number of hydrogen-bond donors (Lipinski definition) is 3. The number of aromatic nitrogens is 9. The second-order valence-electron chi connectivity index (χ2n) is 10.6. The number of anilines is 2. The van der Waals surface area contributed by atoms with Crippen molar-refractivity contribution in [3.05, 3.63) is 102 Å². The van der Waals surface area contributed by atoms with Gasteiger partial charge < -0.3 is 30.0 Å². The van der Waals surface area contributed by atoms with Crippen molar-refractivity contribution in [1.82, 2.24) is 45.0 Å². The summed E-state index contributed by atoms with van der Waals surface area (Å²) in [6.45, 7) is 0.191. The molecule has 0 fully saturated rings. The average Bonchev–Trinajstić information content (AvgIpc) is 3.87. The Morgan fingerprint density at radius 3 is 2.31 bits per heavy atom. The van der Waals surface area contributed by atoms with Crippen LogP contribution in [0.5, 0.6) is 11.5 Å². The number of halogens is 1. The fraction of sp³-hybridized carbons (Fsp3) is 0.156. The number of fused-ring (bicyclic) bond motifs is 1. The summed E-state index contributed by atoms with van der Waals surface area (Å²) in [5.41, 5.74) is -0.355. The minimum absolute atomic E-state index is 0.00524. The molecule has 0 saturated heterocycles. The quantitative estimate of drug-likeness (QED) is 0.109. The zero-order valence-corrected chi connectivity index (χ0v) is 27.0. The van der Waals surface area contributed by atoms with E-state index in [4.69, 9.17) is 14.2 Å². The molecule has 0 atom stereocenters. The van der Waals surface area contributed by atoms with Crippen LogP contribution < -0.4 is 20.1 Å². The maximum atomic E-state index is 14.8. The lowest BCUT2D eigenvalue weighted by Gasteiger charge is -2.14. The number of carbonyl (C=O) groups excluding carboxylic acids is 3. The van der Waals surface area contributed by atoms with Gasteiger partial charge in [-0.15, -0.1) is 25.0 Å². The van der Waals surface area contributed by atoms with E-state index in [-0.39, 0.29) is 52.9 Å². The number of carboxylic acids is 1. The molecule has 3 N–H and O–H groups in total. The van der Waals surface area contributed by atoms with E-state index in [2.05, 4.69) is 46.4 Å². The zero-order chi connectivity index (χ0) is 36.6. The minimum atomic E-state index is -1.47. The number of aromatic carboxylic acids is 1. The first-order valence-corrected chi connectivity index (χ1v) is 15.2. The van der Waals surface area contributed by atoms with Gasteiger partial charge in [0.15, 0.2) is 34.4 Å². The summed E-state index contributed by atoms with van der Waals surface area (Å²) in [6, 6.07) is 12.1. The molecule has 0 bridgehead atoms. The number of rotatable bonds is 14. The van der Waals surface area contributed by atoms with Crippen molar-refractivity contribution in [3.8, 4) is 17.3 Å². The van der Waals surface area contributed by atoms with Gasteiger partial charge >= 0.3 is 11.9 Å². The zero-order valence-electron chi connectivity index (χ0n) is 27.0. The van der Waals surface area contributed by atoms with Crippen molar-refractivity contribution in [2.45, 2.75) is 12.8 Å². The fourth-order valence-corrected chi connectivity index (χ4v) is 4.65. The number of unbranched alkanes of at least 4 members (excludes halogenated alkanes) is 1. The Morgan fingerprint density at radius 2 is 1.60 bits per heavy atom. The number of carboxylic acid groups (broad SMARTS) is 1. The van der Waals surface area contributed by atoms with E-state index in [9.17, 15) is 28.7 Å². The van der Waals surface area contributed by atoms with Crippen molar-refractivity contribution >= 4 is 40.8 Å². The Morgan fingerprint density at radius 1 is 0.846 bits per heavy atom. The van der Waals surface area contributed by atoms with Crippen LogP contribution in [0, 0.1) is 5.82 Å². The van der Waals surface area contributed by atoms with Gasteiger partial charge in [0.05, 0.1) is 42.8 Å². The van der Waals surface area contributed by atoms with Gasteiger partial charge in [0.1, 0.15) is 12.1 Å². The summed E-state index contributed by atoms with van der Waals surface area (Å²) in [5.74, 6) is -4.02. The molecule has 2 amide bonds. The summed E-state index contributed by atoms with van der Waals surface area (Å²) in [4.78, 5) is 53.9. The van der Waals surface area contributed by atoms with E-state index < -0.39 is 35.1 Å². The standard InChI is InChI=1S/C32H26FN11O8/c1-50-32(49)19-5-4-18(14-24(19)35-29(45)22-6-8-27(38-37-22)43-11-10-34-17-43)51-12-2-3-13-52-26-16-25(20(31(47)48)15-21(26)33)36-30(46)23-7-9-28-39-41-42-44(28)40-23/h4-11,14-17H,2-3,12-13H2,1H3,(H,35,45)(H,36,46)(H,47,48). The molecule has 6 aromatic rings. The predicted octanol–water partition coefficient (Wildman–Crippen LogP) is 2.86. The molecule has 0 aliphatic heterocycles. The lowest BCUT2D eigenvalue weighted by molar-refractivity contribution is 0.0600. The number of methoxy groups -OCH3 is 1. The SMILES string of the molecule is COC(=O)c1ccc(OCCCCOc2cc(NC(=O)c3ccc4nnnn4n3)c(C(=O)O)cc2F)cc1NC(=O)c1ccc(-n2ccnc2)nn1. The number of hydrogen-bond acceptors (Lipinski definition) is 14. The molecule has 0 saturated carbocycles. The number of ether oxygens (including phenoxy) is 3. The molecule has 52 heavy (non-hydrogen) atoms. The van der Waals surface area contributed by atoms with E-state index >= 15 is 0 Å². The van der Waals surface area contributed by atoms with Crippen molar-refractivity contribution in [3.63, 3.8) is 0 Å². The molecule has 20 heteroatoms. The summed E-state index contributed by atoms with van der Waals surface area (Å²) < 4.78 is 33.6. The second-order valence-corrected chi connectivity index (χ2v) is 10.6. The largest absolute Gasteiger partial charge is 0.494 e. The summed E-state index contributed by atoms with van der Waals surface area (Å²) in [6.07, 6.45) is 5.60. The van der Waals surface area contributed by atoms with Gasteiger partial charge in [0.2, 0.25) is 0 Å². The van der Waals surface area contributed by atoms with E-state index in [1.54, 1.807) is 23.0 Å². The summed E-state index contributed by atoms with van der Waals surface area (Å²) in [7, 11) is 1.21. The van der Waals surface area contributed by atoms with Crippen LogP contribution in [0.15, 0.2) is 73.3 Å². The number of carbonyl (C=O) groups is 4. The minimum Gasteiger partial charge on any atom is -0.494 e. The first-order valence-electron chi connectivity index (χ1n) is 15.2. The van der Waals surface area contributed by atoms with Crippen LogP contribution in [-0.2, 0) is 4.74 Å². The van der Waals surface area contributed by atoms with E-state index in [1.165, 1.54) is 49.8 Å². The van der Waals surface area contributed by atoms with Gasteiger partial charge in [-0.05, 0) is 65.7 Å². The van der Waals surface area contributed by atoms with Crippen LogP contribution in [0.2, 0.25) is 0 Å². The number of nitrogens with zero attached hydrogens (tertiary/aromatic N) is 9. The van der Waals surface area contributed by atoms with Crippen molar-refractivity contribution in [2.24, 2.45) is 0 Å². The molecule has 4 heterocycles. The Kier molecular flexibility index (Phi) is 10.2. The number of esters is 1. The molecule has 0 aliphatic carbocycles. The summed E-state index contributed by atoms with van der Waals surface area (Å²) in [5, 5.41) is 37.3. The maximum absolute atomic E-state index is 14.8. The Balaban J connectivity index is 1.04. The Hall–Kier alpha value is -7.38. The van der Waals surface area contributed by atoms with Crippen LogP contribution in [0.4, 0.5) is 15.8 Å². The highest BCUT2D eigenvalue weighted by Gasteiger charge is 2.20. The molecule has 264 valence electrons. The maximum Gasteiger partial charge on any atom is 0.339 e. The molecule has 0 radical (unpaired) electrons. The van der Waals surface area contributed by atoms with Gasteiger partial charge in [-0.3, -0.25) is 14.2 Å². The molecule has 6 rings (SSSR count). The second kappa shape index (κ2) is 15.4. The molecule has 2 aromatic carbocycles. The van der Waals surface area contributed by atoms with Gasteiger partial charge in [-0.1, -0.05) is 0 Å². The molecule has 19 nitrogen and oxygen atoms in total. The topological polar surface area (TPSA) is 240 Å². The van der Waals surface area contributed by atoms with E-state index in [1.807, 2.05) is 0 Å². The number of benzene rings is 2. The number of amides is 2. The lowest BCUT2D eigenvalue weighted by atomic mass is 10.1. The van der Waals surface area contributed by atoms with Gasteiger partial charge in [0, 0.05) is 24.5 Å². The van der Waals surface area contributed by atoms with E-state index in [0.29, 0.717) is 24.4 Å². The molecule has 0 aliphatic rings. The Bertz CT molecular complexity index is 2260.